The van der Waals surface area contributed by atoms with Crippen LogP contribution in [-0.4, -0.2) is 36.9 Å². The number of nitrogens with two attached hydrogens (primary N) is 2. The number of aromatic nitrogens is 4. The Bertz CT molecular complexity index is 1560. The highest BCUT2D eigenvalue weighted by Crippen LogP contribution is 2.35. The quantitative estimate of drug-likeness (QED) is 0.134. The van der Waals surface area contributed by atoms with Crippen LogP contribution in [0.15, 0.2) is 64.6 Å². The molecule has 0 spiro atoms. The lowest BCUT2D eigenvalue weighted by Gasteiger charge is -2.18. The van der Waals surface area contributed by atoms with Crippen molar-refractivity contribution in [3.63, 3.8) is 0 Å². The summed E-state index contributed by atoms with van der Waals surface area (Å²) in [5.74, 6) is 10.8. The van der Waals surface area contributed by atoms with Gasteiger partial charge in [0.25, 0.3) is 5.56 Å². The van der Waals surface area contributed by atoms with Crippen LogP contribution in [0.25, 0.3) is 22.5 Å². The molecular formula is C24H21ClN8O3. The summed E-state index contributed by atoms with van der Waals surface area (Å²) in [6, 6.07) is 13.1. The SMILES string of the molecule is N/N=C\N(N)c1ccc(Cl)cc1-c1cc2n(c(=O)c1)C(c1ncc(-c3cccc(C(=O)O)n3)[nH]1)CC2. The number of aromatic amines is 1. The number of rotatable bonds is 6. The van der Waals surface area contributed by atoms with Crippen LogP contribution in [0.4, 0.5) is 5.69 Å². The molecule has 12 heteroatoms. The fourth-order valence-corrected chi connectivity index (χ4v) is 4.62. The number of hydrazine groups is 1. The van der Waals surface area contributed by atoms with Gasteiger partial charge in [0, 0.05) is 22.3 Å². The van der Waals surface area contributed by atoms with E-state index in [9.17, 15) is 14.7 Å². The van der Waals surface area contributed by atoms with Crippen molar-refractivity contribution in [2.24, 2.45) is 16.8 Å². The van der Waals surface area contributed by atoms with Crippen LogP contribution >= 0.6 is 11.6 Å². The molecule has 182 valence electrons. The molecule has 0 fully saturated rings. The molecule has 0 aliphatic carbocycles. The Morgan fingerprint density at radius 2 is 2.11 bits per heavy atom. The molecule has 1 unspecified atom stereocenters. The average Bonchev–Trinajstić information content (AvgIpc) is 3.52. The number of aryl methyl sites for hydroxylation is 1. The van der Waals surface area contributed by atoms with Gasteiger partial charge in [-0.3, -0.25) is 9.80 Å². The number of aromatic carboxylic acids is 1. The van der Waals surface area contributed by atoms with Crippen molar-refractivity contribution < 1.29 is 9.90 Å². The van der Waals surface area contributed by atoms with E-state index in [1.165, 1.54) is 23.5 Å². The van der Waals surface area contributed by atoms with Gasteiger partial charge in [-0.2, -0.15) is 5.10 Å². The second-order valence-corrected chi connectivity index (χ2v) is 8.66. The number of hydrogen-bond acceptors (Lipinski definition) is 7. The lowest BCUT2D eigenvalue weighted by atomic mass is 10.0. The smallest absolute Gasteiger partial charge is 0.354 e. The number of anilines is 1. The number of pyridine rings is 2. The summed E-state index contributed by atoms with van der Waals surface area (Å²) in [5, 5.41) is 14.4. The average molecular weight is 505 g/mol. The molecule has 0 saturated carbocycles. The molecule has 1 atom stereocenters. The molecule has 0 radical (unpaired) electrons. The zero-order valence-electron chi connectivity index (χ0n) is 18.8. The molecule has 0 saturated heterocycles. The number of carboxylic acids is 1. The molecule has 0 amide bonds. The highest BCUT2D eigenvalue weighted by atomic mass is 35.5. The summed E-state index contributed by atoms with van der Waals surface area (Å²) in [5.41, 5.74) is 3.52. The number of halogens is 1. The van der Waals surface area contributed by atoms with Gasteiger partial charge in [-0.25, -0.2) is 20.6 Å². The summed E-state index contributed by atoms with van der Waals surface area (Å²) in [4.78, 5) is 36.4. The van der Waals surface area contributed by atoms with E-state index in [1.54, 1.807) is 41.1 Å². The summed E-state index contributed by atoms with van der Waals surface area (Å²) >= 11 is 6.24. The summed E-state index contributed by atoms with van der Waals surface area (Å²) < 4.78 is 1.71. The van der Waals surface area contributed by atoms with Gasteiger partial charge in [-0.05, 0) is 54.8 Å². The first-order chi connectivity index (χ1) is 17.4. The molecule has 1 aromatic carbocycles. The number of hydrogen-bond donors (Lipinski definition) is 4. The highest BCUT2D eigenvalue weighted by Gasteiger charge is 2.28. The van der Waals surface area contributed by atoms with Crippen molar-refractivity contribution in [1.82, 2.24) is 19.5 Å². The summed E-state index contributed by atoms with van der Waals surface area (Å²) in [6.45, 7) is 0. The maximum absolute atomic E-state index is 13.3. The van der Waals surface area contributed by atoms with Crippen LogP contribution in [-0.2, 0) is 6.42 Å². The third kappa shape index (κ3) is 4.21. The Labute approximate surface area is 209 Å². The number of fused-ring (bicyclic) bond motifs is 1. The van der Waals surface area contributed by atoms with Gasteiger partial charge < -0.3 is 20.5 Å². The van der Waals surface area contributed by atoms with Gasteiger partial charge >= 0.3 is 5.97 Å². The predicted octanol–water partition coefficient (Wildman–Crippen LogP) is 2.77. The number of carboxylic acid groups (broad SMARTS) is 1. The number of imidazole rings is 1. The minimum Gasteiger partial charge on any atom is -0.477 e. The van der Waals surface area contributed by atoms with Gasteiger partial charge in [0.1, 0.15) is 17.9 Å². The van der Waals surface area contributed by atoms with E-state index in [2.05, 4.69) is 20.1 Å². The summed E-state index contributed by atoms with van der Waals surface area (Å²) in [6.07, 6.45) is 4.18. The van der Waals surface area contributed by atoms with Gasteiger partial charge in [0.05, 0.1) is 29.3 Å². The molecule has 36 heavy (non-hydrogen) atoms. The number of H-pyrrole nitrogens is 1. The Balaban J connectivity index is 1.51. The first kappa shape index (κ1) is 23.3. The number of benzene rings is 1. The second kappa shape index (κ2) is 9.29. The Hall–Kier alpha value is -4.48. The van der Waals surface area contributed by atoms with Crippen molar-refractivity contribution >= 4 is 29.6 Å². The first-order valence-electron chi connectivity index (χ1n) is 10.9. The maximum Gasteiger partial charge on any atom is 0.354 e. The minimum atomic E-state index is -1.11. The number of nitrogens with zero attached hydrogens (tertiary/aromatic N) is 5. The van der Waals surface area contributed by atoms with E-state index in [4.69, 9.17) is 23.3 Å². The standard InChI is InChI=1S/C24H21ClN8O3/c25-14-4-6-20(32(27)12-29-26)16(10-14)13-8-15-5-7-21(33(15)22(34)9-13)23-28-11-19(31-23)17-2-1-3-18(30-17)24(35)36/h1-4,6,8-12,21H,5,7,26-27H2,(H,28,31)(H,35,36)/b29-12-. The third-order valence-electron chi connectivity index (χ3n) is 6.03. The van der Waals surface area contributed by atoms with Crippen LogP contribution in [0.3, 0.4) is 0 Å². The fourth-order valence-electron chi connectivity index (χ4n) is 4.45. The maximum atomic E-state index is 13.3. The zero-order valence-corrected chi connectivity index (χ0v) is 19.6. The number of hydrazone groups is 1. The molecule has 1 aliphatic rings. The largest absolute Gasteiger partial charge is 0.477 e. The lowest BCUT2D eigenvalue weighted by molar-refractivity contribution is 0.0690. The Morgan fingerprint density at radius 1 is 1.28 bits per heavy atom. The van der Waals surface area contributed by atoms with E-state index >= 15 is 0 Å². The van der Waals surface area contributed by atoms with E-state index in [-0.39, 0.29) is 17.3 Å². The molecule has 4 heterocycles. The molecule has 6 N–H and O–H groups in total. The third-order valence-corrected chi connectivity index (χ3v) is 6.26. The van der Waals surface area contributed by atoms with Crippen molar-refractivity contribution in [2.45, 2.75) is 18.9 Å². The topological polar surface area (TPSA) is 169 Å². The van der Waals surface area contributed by atoms with Crippen molar-refractivity contribution in [3.8, 4) is 22.5 Å². The molecule has 4 aromatic rings. The molecule has 5 rings (SSSR count). The van der Waals surface area contributed by atoms with Crippen LogP contribution in [0.1, 0.15) is 34.5 Å². The monoisotopic (exact) mass is 504 g/mol. The number of nitrogens with one attached hydrogen (secondary N) is 1. The van der Waals surface area contributed by atoms with Crippen molar-refractivity contribution in [2.75, 3.05) is 5.01 Å². The zero-order chi connectivity index (χ0) is 25.4. The van der Waals surface area contributed by atoms with Crippen LogP contribution in [0.2, 0.25) is 5.02 Å². The normalized spacial score (nSPS) is 14.8. The minimum absolute atomic E-state index is 0.0622. The fraction of sp³-hybridized carbons (Fsp3) is 0.125. The molecular weight excluding hydrogens is 484 g/mol. The molecule has 11 nitrogen and oxygen atoms in total. The van der Waals surface area contributed by atoms with E-state index < -0.39 is 5.97 Å². The van der Waals surface area contributed by atoms with Crippen LogP contribution in [0, 0.1) is 0 Å². The lowest BCUT2D eigenvalue weighted by Crippen LogP contribution is -2.30. The van der Waals surface area contributed by atoms with Gasteiger partial charge in [0.2, 0.25) is 0 Å². The van der Waals surface area contributed by atoms with Gasteiger partial charge in [0.15, 0.2) is 0 Å². The van der Waals surface area contributed by atoms with Crippen LogP contribution in [0.5, 0.6) is 0 Å². The predicted molar refractivity (Wildman–Crippen MR) is 136 cm³/mol. The van der Waals surface area contributed by atoms with Crippen LogP contribution < -0.4 is 22.3 Å². The second-order valence-electron chi connectivity index (χ2n) is 8.23. The first-order valence-corrected chi connectivity index (χ1v) is 11.3. The molecule has 1 aliphatic heterocycles. The Morgan fingerprint density at radius 3 is 2.89 bits per heavy atom. The van der Waals surface area contributed by atoms with Gasteiger partial charge in [-0.15, -0.1) is 0 Å². The molecule has 3 aromatic heterocycles. The highest BCUT2D eigenvalue weighted by molar-refractivity contribution is 6.31. The van der Waals surface area contributed by atoms with E-state index in [0.717, 1.165) is 5.69 Å². The van der Waals surface area contributed by atoms with E-state index in [1.807, 2.05) is 6.07 Å². The van der Waals surface area contributed by atoms with Crippen molar-refractivity contribution in [1.29, 1.82) is 0 Å². The summed E-state index contributed by atoms with van der Waals surface area (Å²) in [7, 11) is 0. The number of carbonyl (C=O) groups is 1. The van der Waals surface area contributed by atoms with E-state index in [0.29, 0.717) is 51.9 Å². The molecule has 0 bridgehead atoms. The van der Waals surface area contributed by atoms with Crippen molar-refractivity contribution in [3.05, 3.63) is 87.3 Å². The van der Waals surface area contributed by atoms with Gasteiger partial charge in [-0.1, -0.05) is 17.7 Å². The Kier molecular flexibility index (Phi) is 6.00.